The highest BCUT2D eigenvalue weighted by Crippen LogP contribution is 2.41. The molecule has 1 heterocycles. The topological polar surface area (TPSA) is 134 Å². The average Bonchev–Trinajstić information content (AvgIpc) is 2.66. The van der Waals surface area contributed by atoms with Crippen molar-refractivity contribution in [2.45, 2.75) is 43.0 Å². The highest BCUT2D eigenvalue weighted by Gasteiger charge is 2.59. The van der Waals surface area contributed by atoms with Crippen LogP contribution in [0, 0.1) is 0 Å². The number of hydrogen-bond donors (Lipinski definition) is 3. The van der Waals surface area contributed by atoms with Crippen molar-refractivity contribution in [1.82, 2.24) is 0 Å². The molecular formula is C21H22O8. The molecule has 1 saturated carbocycles. The number of aliphatic hydroxyl groups excluding tert-OH is 1. The molecule has 1 fully saturated rings. The van der Waals surface area contributed by atoms with Gasteiger partial charge >= 0.3 is 5.63 Å². The van der Waals surface area contributed by atoms with E-state index < -0.39 is 53.8 Å². The first-order valence-electron chi connectivity index (χ1n) is 9.09. The van der Waals surface area contributed by atoms with Gasteiger partial charge in [0.15, 0.2) is 17.2 Å². The monoisotopic (exact) mass is 402 g/mol. The lowest BCUT2D eigenvalue weighted by Gasteiger charge is -2.46. The molecule has 3 rings (SSSR count). The van der Waals surface area contributed by atoms with E-state index in [1.54, 1.807) is 18.2 Å². The molecule has 0 saturated heterocycles. The molecule has 154 valence electrons. The van der Waals surface area contributed by atoms with Gasteiger partial charge in [0.1, 0.15) is 17.1 Å². The molecule has 0 amide bonds. The van der Waals surface area contributed by atoms with Crippen LogP contribution in [0.1, 0.15) is 35.4 Å². The van der Waals surface area contributed by atoms with Crippen LogP contribution in [0.4, 0.5) is 0 Å². The minimum absolute atomic E-state index is 0.0515. The zero-order valence-corrected chi connectivity index (χ0v) is 15.8. The molecule has 1 aromatic heterocycles. The fourth-order valence-electron chi connectivity index (χ4n) is 3.71. The van der Waals surface area contributed by atoms with E-state index >= 15 is 0 Å². The van der Waals surface area contributed by atoms with E-state index in [2.05, 4.69) is 0 Å². The van der Waals surface area contributed by atoms with Crippen molar-refractivity contribution in [2.24, 2.45) is 0 Å². The number of rotatable bonds is 6. The van der Waals surface area contributed by atoms with Crippen molar-refractivity contribution >= 4 is 11.6 Å². The molecule has 0 bridgehead atoms. The van der Waals surface area contributed by atoms with E-state index in [-0.39, 0.29) is 23.5 Å². The number of Topliss-reactive ketones (excluding diaryl/α,β-unsaturated/α-hetero) is 2. The molecule has 8 nitrogen and oxygen atoms in total. The zero-order chi connectivity index (χ0) is 21.2. The van der Waals surface area contributed by atoms with Gasteiger partial charge in [-0.3, -0.25) is 9.59 Å². The van der Waals surface area contributed by atoms with E-state index in [9.17, 15) is 29.7 Å². The Balaban J connectivity index is 1.98. The SMILES string of the molecule is COc1cc(C[C@@]2(O)C[C@H](O)CC(=O)[C@@]2(O)CC(=O)c2ccccc2)oc(=O)c1. The van der Waals surface area contributed by atoms with Crippen molar-refractivity contribution in [3.63, 3.8) is 0 Å². The molecule has 2 aromatic rings. The standard InChI is InChI=1S/C21H22O8/c1-28-15-8-16(29-19(25)9-15)11-20(26)10-14(22)7-18(24)21(20,27)12-17(23)13-5-3-2-4-6-13/h2-6,8-9,14,22,26-27H,7,10-12H2,1H3/t14-,20+,21+/m1/s1. The average molecular weight is 402 g/mol. The van der Waals surface area contributed by atoms with E-state index in [0.717, 1.165) is 6.07 Å². The first-order chi connectivity index (χ1) is 13.7. The van der Waals surface area contributed by atoms with Gasteiger partial charge in [-0.15, -0.1) is 0 Å². The summed E-state index contributed by atoms with van der Waals surface area (Å²) in [5.41, 5.74) is -5.15. The van der Waals surface area contributed by atoms with E-state index in [1.807, 2.05) is 0 Å². The molecule has 0 spiro atoms. The summed E-state index contributed by atoms with van der Waals surface area (Å²) in [6.07, 6.45) is -3.13. The number of hydrogen-bond acceptors (Lipinski definition) is 8. The van der Waals surface area contributed by atoms with Crippen molar-refractivity contribution < 1.29 is 34.1 Å². The number of ether oxygens (including phenoxy) is 1. The van der Waals surface area contributed by atoms with E-state index in [4.69, 9.17) is 9.15 Å². The second-order valence-electron chi connectivity index (χ2n) is 7.30. The van der Waals surface area contributed by atoms with Crippen LogP contribution in [-0.2, 0) is 11.2 Å². The van der Waals surface area contributed by atoms with Gasteiger partial charge in [0.05, 0.1) is 19.3 Å². The van der Waals surface area contributed by atoms with E-state index in [0.29, 0.717) is 0 Å². The van der Waals surface area contributed by atoms with Crippen molar-refractivity contribution in [1.29, 1.82) is 0 Å². The second-order valence-corrected chi connectivity index (χ2v) is 7.30. The highest BCUT2D eigenvalue weighted by atomic mass is 16.5. The Morgan fingerprint density at radius 1 is 1.21 bits per heavy atom. The number of carbonyl (C=O) groups is 2. The third-order valence-corrected chi connectivity index (χ3v) is 5.24. The first-order valence-corrected chi connectivity index (χ1v) is 9.09. The quantitative estimate of drug-likeness (QED) is 0.600. The molecule has 0 aliphatic heterocycles. The molecule has 1 aromatic carbocycles. The van der Waals surface area contributed by atoms with Gasteiger partial charge in [0.2, 0.25) is 0 Å². The van der Waals surface area contributed by atoms with Gasteiger partial charge in [-0.1, -0.05) is 30.3 Å². The lowest BCUT2D eigenvalue weighted by Crippen LogP contribution is -2.66. The van der Waals surface area contributed by atoms with Crippen molar-refractivity contribution in [2.75, 3.05) is 7.11 Å². The molecule has 1 aliphatic carbocycles. The van der Waals surface area contributed by atoms with Crippen LogP contribution >= 0.6 is 0 Å². The van der Waals surface area contributed by atoms with Gasteiger partial charge in [-0.25, -0.2) is 4.79 Å². The Kier molecular flexibility index (Phi) is 5.70. The number of methoxy groups -OCH3 is 1. The largest absolute Gasteiger partial charge is 0.496 e. The number of carbonyl (C=O) groups excluding carboxylic acids is 2. The first kappa shape index (κ1) is 20.9. The van der Waals surface area contributed by atoms with Crippen LogP contribution in [0.2, 0.25) is 0 Å². The Labute approximate surface area is 166 Å². The number of benzene rings is 1. The van der Waals surface area contributed by atoms with Gasteiger partial charge in [-0.2, -0.15) is 0 Å². The third-order valence-electron chi connectivity index (χ3n) is 5.24. The maximum atomic E-state index is 12.7. The van der Waals surface area contributed by atoms with Gasteiger partial charge in [0.25, 0.3) is 0 Å². The fourth-order valence-corrected chi connectivity index (χ4v) is 3.71. The summed E-state index contributed by atoms with van der Waals surface area (Å²) in [7, 11) is 1.34. The molecule has 3 N–H and O–H groups in total. The van der Waals surface area contributed by atoms with Gasteiger partial charge in [-0.05, 0) is 0 Å². The summed E-state index contributed by atoms with van der Waals surface area (Å²) in [6.45, 7) is 0. The van der Waals surface area contributed by atoms with Gasteiger partial charge in [0, 0.05) is 37.3 Å². The van der Waals surface area contributed by atoms with Crippen molar-refractivity contribution in [3.8, 4) is 5.75 Å². The van der Waals surface area contributed by atoms with Crippen LogP contribution in [0.3, 0.4) is 0 Å². The minimum atomic E-state index is -2.46. The molecule has 0 unspecified atom stereocenters. The fraction of sp³-hybridized carbons (Fsp3) is 0.381. The predicted molar refractivity (Wildman–Crippen MR) is 101 cm³/mol. The summed E-state index contributed by atoms with van der Waals surface area (Å²) in [4.78, 5) is 37.0. The van der Waals surface area contributed by atoms with Crippen LogP contribution in [0.25, 0.3) is 0 Å². The summed E-state index contributed by atoms with van der Waals surface area (Å²) >= 11 is 0. The Morgan fingerprint density at radius 2 is 1.90 bits per heavy atom. The number of aliphatic hydroxyl groups is 3. The Bertz CT molecular complexity index is 966. The Hall–Kier alpha value is -2.81. The molecular weight excluding hydrogens is 380 g/mol. The summed E-state index contributed by atoms with van der Waals surface area (Å²) in [5, 5.41) is 32.5. The maximum Gasteiger partial charge on any atom is 0.339 e. The molecule has 3 atom stereocenters. The summed E-state index contributed by atoms with van der Waals surface area (Å²) < 4.78 is 10.1. The van der Waals surface area contributed by atoms with Gasteiger partial charge < -0.3 is 24.5 Å². The zero-order valence-electron chi connectivity index (χ0n) is 15.8. The van der Waals surface area contributed by atoms with Crippen LogP contribution in [0.5, 0.6) is 5.75 Å². The second kappa shape index (κ2) is 7.90. The molecule has 8 heteroatoms. The van der Waals surface area contributed by atoms with Crippen LogP contribution in [0.15, 0.2) is 51.7 Å². The predicted octanol–water partition coefficient (Wildman–Crippen LogP) is 0.650. The maximum absolute atomic E-state index is 12.7. The normalized spacial score (nSPS) is 26.9. The third kappa shape index (κ3) is 4.14. The minimum Gasteiger partial charge on any atom is -0.496 e. The van der Waals surface area contributed by atoms with E-state index in [1.165, 1.54) is 25.3 Å². The van der Waals surface area contributed by atoms with Crippen LogP contribution in [-0.4, -0.2) is 51.3 Å². The summed E-state index contributed by atoms with van der Waals surface area (Å²) in [6, 6.07) is 10.5. The molecule has 29 heavy (non-hydrogen) atoms. The lowest BCUT2D eigenvalue weighted by molar-refractivity contribution is -0.195. The van der Waals surface area contributed by atoms with Crippen molar-refractivity contribution in [3.05, 3.63) is 64.2 Å². The van der Waals surface area contributed by atoms with Crippen LogP contribution < -0.4 is 10.4 Å². The highest BCUT2D eigenvalue weighted by molar-refractivity contribution is 6.02. The lowest BCUT2D eigenvalue weighted by atomic mass is 9.65. The molecule has 0 radical (unpaired) electrons. The molecule has 1 aliphatic rings. The summed E-state index contributed by atoms with van der Waals surface area (Å²) in [5.74, 6) is -1.27. The number of ketones is 2. The smallest absolute Gasteiger partial charge is 0.339 e. The Morgan fingerprint density at radius 3 is 2.55 bits per heavy atom.